The van der Waals surface area contributed by atoms with Crippen molar-refractivity contribution >= 4 is 15.9 Å². The van der Waals surface area contributed by atoms with E-state index in [0.29, 0.717) is 23.8 Å². The number of methoxy groups -OCH3 is 1. The molecule has 0 aliphatic heterocycles. The van der Waals surface area contributed by atoms with E-state index in [-0.39, 0.29) is 0 Å². The predicted molar refractivity (Wildman–Crippen MR) is 60.9 cm³/mol. The monoisotopic (exact) mass is 246 g/mol. The first kappa shape index (κ1) is 12.6. The van der Waals surface area contributed by atoms with E-state index < -0.39 is 10.2 Å². The molecule has 0 radical (unpaired) electrons. The number of hydrogen-bond donors (Lipinski definition) is 2. The molecule has 1 aromatic rings. The van der Waals surface area contributed by atoms with Gasteiger partial charge in [-0.3, -0.25) is 4.72 Å². The Balaban J connectivity index is 3.02. The first-order chi connectivity index (χ1) is 7.46. The zero-order valence-corrected chi connectivity index (χ0v) is 9.87. The van der Waals surface area contributed by atoms with E-state index in [4.69, 9.17) is 14.6 Å². The molecule has 16 heavy (non-hydrogen) atoms. The van der Waals surface area contributed by atoms with Gasteiger partial charge in [-0.2, -0.15) is 8.42 Å². The summed E-state index contributed by atoms with van der Waals surface area (Å²) in [5.41, 5.74) is 0.326. The van der Waals surface area contributed by atoms with Crippen LogP contribution in [0.25, 0.3) is 0 Å². The van der Waals surface area contributed by atoms with Crippen molar-refractivity contribution in [2.75, 3.05) is 18.4 Å². The third-order valence-corrected chi connectivity index (χ3v) is 2.24. The van der Waals surface area contributed by atoms with Crippen LogP contribution in [0.5, 0.6) is 11.5 Å². The molecule has 0 saturated heterocycles. The lowest BCUT2D eigenvalue weighted by molar-refractivity contribution is 0.311. The summed E-state index contributed by atoms with van der Waals surface area (Å²) in [5.74, 6) is 0.987. The summed E-state index contributed by atoms with van der Waals surface area (Å²) in [6, 6.07) is 4.64. The quantitative estimate of drug-likeness (QED) is 0.800. The average Bonchev–Trinajstić information content (AvgIpc) is 2.16. The minimum absolute atomic E-state index is 0.326. The van der Waals surface area contributed by atoms with E-state index in [9.17, 15) is 8.42 Å². The van der Waals surface area contributed by atoms with Gasteiger partial charge in [0.25, 0.3) is 10.2 Å². The molecule has 0 saturated carbocycles. The molecule has 0 atom stereocenters. The minimum atomic E-state index is -3.77. The van der Waals surface area contributed by atoms with Gasteiger partial charge in [0.05, 0.1) is 19.4 Å². The van der Waals surface area contributed by atoms with Gasteiger partial charge in [-0.05, 0) is 19.1 Å². The maximum atomic E-state index is 10.8. The van der Waals surface area contributed by atoms with Gasteiger partial charge in [-0.1, -0.05) is 0 Å². The smallest absolute Gasteiger partial charge is 0.296 e. The van der Waals surface area contributed by atoms with Crippen LogP contribution in [0.4, 0.5) is 5.69 Å². The molecule has 0 unspecified atom stereocenters. The van der Waals surface area contributed by atoms with Crippen molar-refractivity contribution in [2.24, 2.45) is 5.14 Å². The molecule has 0 aliphatic carbocycles. The summed E-state index contributed by atoms with van der Waals surface area (Å²) in [7, 11) is -2.27. The van der Waals surface area contributed by atoms with E-state index in [1.807, 2.05) is 6.92 Å². The number of hydrogen-bond acceptors (Lipinski definition) is 4. The van der Waals surface area contributed by atoms with Crippen LogP contribution in [0.1, 0.15) is 6.92 Å². The highest BCUT2D eigenvalue weighted by Gasteiger charge is 2.08. The fourth-order valence-electron chi connectivity index (χ4n) is 1.17. The summed E-state index contributed by atoms with van der Waals surface area (Å²) in [4.78, 5) is 0. The number of rotatable bonds is 5. The fourth-order valence-corrected chi connectivity index (χ4v) is 1.63. The molecule has 0 fully saturated rings. The first-order valence-corrected chi connectivity index (χ1v) is 6.12. The standard InChI is InChI=1S/C9H14N2O4S/c1-3-15-9-6-7(11-16(10,12)13)4-5-8(9)14-2/h4-6,11H,3H2,1-2H3,(H2,10,12,13). The molecule has 0 amide bonds. The largest absolute Gasteiger partial charge is 0.493 e. The SMILES string of the molecule is CCOc1cc(NS(N)(=O)=O)ccc1OC. The Labute approximate surface area is 94.5 Å². The second-order valence-electron chi connectivity index (χ2n) is 2.95. The van der Waals surface area contributed by atoms with Gasteiger partial charge < -0.3 is 9.47 Å². The molecule has 0 aliphatic rings. The molecule has 0 heterocycles. The maximum Gasteiger partial charge on any atom is 0.296 e. The van der Waals surface area contributed by atoms with Gasteiger partial charge in [-0.15, -0.1) is 0 Å². The summed E-state index contributed by atoms with van der Waals surface area (Å²) < 4.78 is 34.1. The van der Waals surface area contributed by atoms with Crippen LogP contribution in [0.3, 0.4) is 0 Å². The molecule has 3 N–H and O–H groups in total. The van der Waals surface area contributed by atoms with Gasteiger partial charge in [0.1, 0.15) is 0 Å². The number of anilines is 1. The zero-order valence-electron chi connectivity index (χ0n) is 9.06. The number of benzene rings is 1. The lowest BCUT2D eigenvalue weighted by Crippen LogP contribution is -2.21. The van der Waals surface area contributed by atoms with Crippen LogP contribution in [0, 0.1) is 0 Å². The minimum Gasteiger partial charge on any atom is -0.493 e. The Kier molecular flexibility index (Phi) is 3.97. The fraction of sp³-hybridized carbons (Fsp3) is 0.333. The third kappa shape index (κ3) is 3.59. The summed E-state index contributed by atoms with van der Waals surface area (Å²) in [6.45, 7) is 2.27. The van der Waals surface area contributed by atoms with E-state index in [2.05, 4.69) is 4.72 Å². The lowest BCUT2D eigenvalue weighted by Gasteiger charge is -2.11. The lowest BCUT2D eigenvalue weighted by atomic mass is 10.3. The second-order valence-corrected chi connectivity index (χ2v) is 4.24. The Morgan fingerprint density at radius 1 is 1.38 bits per heavy atom. The molecular formula is C9H14N2O4S. The highest BCUT2D eigenvalue weighted by molar-refractivity contribution is 7.90. The highest BCUT2D eigenvalue weighted by atomic mass is 32.2. The Morgan fingerprint density at radius 3 is 2.56 bits per heavy atom. The molecule has 0 aromatic heterocycles. The van der Waals surface area contributed by atoms with E-state index in [0.717, 1.165) is 0 Å². The normalized spacial score (nSPS) is 10.9. The topological polar surface area (TPSA) is 90.6 Å². The summed E-state index contributed by atoms with van der Waals surface area (Å²) >= 11 is 0. The van der Waals surface area contributed by atoms with Gasteiger partial charge in [0.15, 0.2) is 11.5 Å². The molecule has 6 nitrogen and oxygen atoms in total. The number of nitrogens with two attached hydrogens (primary N) is 1. The van der Waals surface area contributed by atoms with Crippen LogP contribution in [-0.2, 0) is 10.2 Å². The van der Waals surface area contributed by atoms with Crippen LogP contribution in [0.15, 0.2) is 18.2 Å². The molecular weight excluding hydrogens is 232 g/mol. The molecule has 0 spiro atoms. The predicted octanol–water partition coefficient (Wildman–Crippen LogP) is 0.709. The molecule has 1 aromatic carbocycles. The van der Waals surface area contributed by atoms with Crippen LogP contribution in [-0.4, -0.2) is 22.1 Å². The zero-order chi connectivity index (χ0) is 12.2. The molecule has 90 valence electrons. The third-order valence-electron chi connectivity index (χ3n) is 1.72. The molecule has 7 heteroatoms. The van der Waals surface area contributed by atoms with Crippen molar-refractivity contribution in [3.8, 4) is 11.5 Å². The van der Waals surface area contributed by atoms with Crippen LogP contribution in [0.2, 0.25) is 0 Å². The van der Waals surface area contributed by atoms with Crippen molar-refractivity contribution in [2.45, 2.75) is 6.92 Å². The first-order valence-electron chi connectivity index (χ1n) is 4.57. The molecule has 1 rings (SSSR count). The van der Waals surface area contributed by atoms with Gasteiger partial charge in [-0.25, -0.2) is 5.14 Å². The molecule has 0 bridgehead atoms. The van der Waals surface area contributed by atoms with Crippen molar-refractivity contribution < 1.29 is 17.9 Å². The number of nitrogens with one attached hydrogen (secondary N) is 1. The summed E-state index contributed by atoms with van der Waals surface area (Å²) in [5, 5.41) is 4.85. The van der Waals surface area contributed by atoms with Crippen molar-refractivity contribution in [3.63, 3.8) is 0 Å². The summed E-state index contributed by atoms with van der Waals surface area (Å²) in [6.07, 6.45) is 0. The Bertz CT molecular complexity index is 459. The van der Waals surface area contributed by atoms with E-state index >= 15 is 0 Å². The maximum absolute atomic E-state index is 10.8. The van der Waals surface area contributed by atoms with E-state index in [1.54, 1.807) is 6.07 Å². The van der Waals surface area contributed by atoms with Crippen molar-refractivity contribution in [1.82, 2.24) is 0 Å². The number of ether oxygens (including phenoxy) is 2. The Hall–Kier alpha value is -1.47. The van der Waals surface area contributed by atoms with Crippen LogP contribution >= 0.6 is 0 Å². The van der Waals surface area contributed by atoms with E-state index in [1.165, 1.54) is 19.2 Å². The van der Waals surface area contributed by atoms with Crippen molar-refractivity contribution in [1.29, 1.82) is 0 Å². The Morgan fingerprint density at radius 2 is 2.06 bits per heavy atom. The highest BCUT2D eigenvalue weighted by Crippen LogP contribution is 2.30. The van der Waals surface area contributed by atoms with Crippen LogP contribution < -0.4 is 19.3 Å². The van der Waals surface area contributed by atoms with Gasteiger partial charge in [0, 0.05) is 6.07 Å². The van der Waals surface area contributed by atoms with Crippen molar-refractivity contribution in [3.05, 3.63) is 18.2 Å². The second kappa shape index (κ2) is 5.04. The van der Waals surface area contributed by atoms with Gasteiger partial charge in [0.2, 0.25) is 0 Å². The average molecular weight is 246 g/mol. The van der Waals surface area contributed by atoms with Gasteiger partial charge >= 0.3 is 0 Å².